The summed E-state index contributed by atoms with van der Waals surface area (Å²) >= 11 is 0. The molecule has 1 aliphatic rings. The van der Waals surface area contributed by atoms with Crippen LogP contribution in [0, 0.1) is 0 Å². The summed E-state index contributed by atoms with van der Waals surface area (Å²) in [6, 6.07) is 11.1. The molecule has 0 aliphatic carbocycles. The maximum absolute atomic E-state index is 3.52. The Morgan fingerprint density at radius 3 is 2.67 bits per heavy atom. The molecule has 1 atom stereocenters. The van der Waals surface area contributed by atoms with E-state index in [-0.39, 0.29) is 0 Å². The Morgan fingerprint density at radius 1 is 1.11 bits per heavy atom. The van der Waals surface area contributed by atoms with E-state index >= 15 is 0 Å². The second-order valence-corrected chi connectivity index (χ2v) is 5.29. The molecule has 1 aliphatic heterocycles. The molecule has 1 aromatic rings. The molecule has 1 N–H and O–H groups in total. The Hall–Kier alpha value is -1.06. The number of likely N-dealkylation sites (N-methyl/N-ethyl adjacent to an activating group) is 1. The minimum atomic E-state index is 0.594. The van der Waals surface area contributed by atoms with Gasteiger partial charge >= 0.3 is 0 Å². The summed E-state index contributed by atoms with van der Waals surface area (Å²) in [5.41, 5.74) is 1.22. The number of hydrogen-bond donors (Lipinski definition) is 1. The van der Waals surface area contributed by atoms with E-state index in [1.165, 1.54) is 38.3 Å². The molecule has 2 rings (SSSR count). The van der Waals surface area contributed by atoms with Crippen LogP contribution in [0.4, 0.5) is 5.69 Å². The minimum Gasteiger partial charge on any atom is -0.383 e. The van der Waals surface area contributed by atoms with Gasteiger partial charge in [-0.1, -0.05) is 18.2 Å². The first kappa shape index (κ1) is 13.4. The van der Waals surface area contributed by atoms with E-state index in [0.717, 1.165) is 6.54 Å². The molecule has 0 radical (unpaired) electrons. The van der Waals surface area contributed by atoms with E-state index in [4.69, 9.17) is 0 Å². The first-order chi connectivity index (χ1) is 8.75. The lowest BCUT2D eigenvalue weighted by Gasteiger charge is -2.28. The van der Waals surface area contributed by atoms with Crippen molar-refractivity contribution in [2.24, 2.45) is 0 Å². The van der Waals surface area contributed by atoms with Crippen molar-refractivity contribution < 1.29 is 0 Å². The molecule has 18 heavy (non-hydrogen) atoms. The second-order valence-electron chi connectivity index (χ2n) is 5.29. The Labute approximate surface area is 111 Å². The van der Waals surface area contributed by atoms with E-state index in [1.54, 1.807) is 0 Å². The average Bonchev–Trinajstić information content (AvgIpc) is 2.62. The van der Waals surface area contributed by atoms with Crippen molar-refractivity contribution in [1.29, 1.82) is 0 Å². The molecular formula is C15H25N3. The van der Waals surface area contributed by atoms with Gasteiger partial charge in [-0.05, 0) is 45.6 Å². The monoisotopic (exact) mass is 247 g/mol. The van der Waals surface area contributed by atoms with E-state index in [1.807, 2.05) is 0 Å². The zero-order valence-electron chi connectivity index (χ0n) is 11.6. The Balaban J connectivity index is 1.78. The summed E-state index contributed by atoms with van der Waals surface area (Å²) in [6.45, 7) is 8.18. The average molecular weight is 247 g/mol. The molecule has 1 heterocycles. The van der Waals surface area contributed by atoms with Gasteiger partial charge in [0.15, 0.2) is 0 Å². The third kappa shape index (κ3) is 4.00. The van der Waals surface area contributed by atoms with Gasteiger partial charge in [0.2, 0.25) is 0 Å². The summed E-state index contributed by atoms with van der Waals surface area (Å²) in [5, 5.41) is 3.52. The van der Waals surface area contributed by atoms with Crippen molar-refractivity contribution in [3.8, 4) is 0 Å². The lowest BCUT2D eigenvalue weighted by atomic mass is 10.2. The van der Waals surface area contributed by atoms with E-state index in [2.05, 4.69) is 59.4 Å². The van der Waals surface area contributed by atoms with Crippen molar-refractivity contribution >= 4 is 5.69 Å². The summed E-state index contributed by atoms with van der Waals surface area (Å²) in [7, 11) is 2.22. The van der Waals surface area contributed by atoms with Gasteiger partial charge in [-0.2, -0.15) is 0 Å². The molecule has 0 saturated carbocycles. The lowest BCUT2D eigenvalue weighted by molar-refractivity contribution is 0.223. The van der Waals surface area contributed by atoms with Crippen molar-refractivity contribution in [3.05, 3.63) is 30.3 Å². The topological polar surface area (TPSA) is 18.5 Å². The Morgan fingerprint density at radius 2 is 1.89 bits per heavy atom. The van der Waals surface area contributed by atoms with E-state index < -0.39 is 0 Å². The number of anilines is 1. The molecule has 3 heteroatoms. The Kier molecular flexibility index (Phi) is 5.02. The molecule has 1 unspecified atom stereocenters. The van der Waals surface area contributed by atoms with Gasteiger partial charge in [0.05, 0.1) is 0 Å². The first-order valence-electron chi connectivity index (χ1n) is 6.97. The van der Waals surface area contributed by atoms with Crippen LogP contribution in [0.3, 0.4) is 0 Å². The first-order valence-corrected chi connectivity index (χ1v) is 6.97. The van der Waals surface area contributed by atoms with Crippen LogP contribution < -0.4 is 5.32 Å². The highest BCUT2D eigenvalue weighted by atomic mass is 15.2. The number of nitrogens with one attached hydrogen (secondary N) is 1. The third-order valence-electron chi connectivity index (χ3n) is 3.75. The van der Waals surface area contributed by atoms with Gasteiger partial charge < -0.3 is 10.2 Å². The summed E-state index contributed by atoms with van der Waals surface area (Å²) in [4.78, 5) is 5.02. The third-order valence-corrected chi connectivity index (χ3v) is 3.75. The van der Waals surface area contributed by atoms with Gasteiger partial charge in [-0.3, -0.25) is 4.90 Å². The number of rotatable bonds is 4. The van der Waals surface area contributed by atoms with E-state index in [0.29, 0.717) is 6.04 Å². The maximum Gasteiger partial charge on any atom is 0.0340 e. The molecule has 0 spiro atoms. The van der Waals surface area contributed by atoms with Crippen LogP contribution in [0.1, 0.15) is 13.3 Å². The van der Waals surface area contributed by atoms with Crippen molar-refractivity contribution in [2.75, 3.05) is 45.1 Å². The number of nitrogens with zero attached hydrogens (tertiary/aromatic N) is 2. The molecule has 100 valence electrons. The second kappa shape index (κ2) is 6.76. The molecule has 3 nitrogen and oxygen atoms in total. The standard InChI is InChI=1S/C15H25N3/c1-14(13-16-15-7-4-3-5-8-15)18-10-6-9-17(2)11-12-18/h3-5,7-8,14,16H,6,9-13H2,1-2H3. The van der Waals surface area contributed by atoms with Gasteiger partial charge in [-0.15, -0.1) is 0 Å². The molecule has 1 aromatic carbocycles. The van der Waals surface area contributed by atoms with Crippen LogP contribution in [0.2, 0.25) is 0 Å². The highest BCUT2D eigenvalue weighted by Gasteiger charge is 2.16. The normalized spacial score (nSPS) is 20.3. The molecular weight excluding hydrogens is 222 g/mol. The SMILES string of the molecule is CC(CNc1ccccc1)N1CCCN(C)CC1. The molecule has 1 fully saturated rings. The minimum absolute atomic E-state index is 0.594. The van der Waals surface area contributed by atoms with Crippen molar-refractivity contribution in [1.82, 2.24) is 9.80 Å². The largest absolute Gasteiger partial charge is 0.383 e. The quantitative estimate of drug-likeness (QED) is 0.879. The molecule has 1 saturated heterocycles. The van der Waals surface area contributed by atoms with Gasteiger partial charge in [0, 0.05) is 31.4 Å². The number of hydrogen-bond acceptors (Lipinski definition) is 3. The summed E-state index contributed by atoms with van der Waals surface area (Å²) < 4.78 is 0. The summed E-state index contributed by atoms with van der Waals surface area (Å²) in [5.74, 6) is 0. The van der Waals surface area contributed by atoms with E-state index in [9.17, 15) is 0 Å². The fourth-order valence-corrected chi connectivity index (χ4v) is 2.46. The van der Waals surface area contributed by atoms with Gasteiger partial charge in [0.25, 0.3) is 0 Å². The highest BCUT2D eigenvalue weighted by Crippen LogP contribution is 2.09. The summed E-state index contributed by atoms with van der Waals surface area (Å²) in [6.07, 6.45) is 1.28. The van der Waals surface area contributed by atoms with Gasteiger partial charge in [-0.25, -0.2) is 0 Å². The van der Waals surface area contributed by atoms with Crippen LogP contribution in [0.5, 0.6) is 0 Å². The van der Waals surface area contributed by atoms with Crippen LogP contribution in [-0.4, -0.2) is 55.6 Å². The smallest absolute Gasteiger partial charge is 0.0340 e. The molecule has 0 amide bonds. The zero-order valence-corrected chi connectivity index (χ0v) is 11.6. The van der Waals surface area contributed by atoms with Crippen LogP contribution in [0.25, 0.3) is 0 Å². The fourth-order valence-electron chi connectivity index (χ4n) is 2.46. The maximum atomic E-state index is 3.52. The van der Waals surface area contributed by atoms with Gasteiger partial charge in [0.1, 0.15) is 0 Å². The molecule has 0 aromatic heterocycles. The molecule has 0 bridgehead atoms. The predicted octanol–water partition coefficient (Wildman–Crippen LogP) is 2.12. The van der Waals surface area contributed by atoms with Crippen LogP contribution >= 0.6 is 0 Å². The predicted molar refractivity (Wildman–Crippen MR) is 78.1 cm³/mol. The van der Waals surface area contributed by atoms with Crippen molar-refractivity contribution in [3.63, 3.8) is 0 Å². The number of benzene rings is 1. The highest BCUT2D eigenvalue weighted by molar-refractivity contribution is 5.42. The Bertz CT molecular complexity index is 339. The fraction of sp³-hybridized carbons (Fsp3) is 0.600. The van der Waals surface area contributed by atoms with Crippen LogP contribution in [-0.2, 0) is 0 Å². The van der Waals surface area contributed by atoms with Crippen LogP contribution in [0.15, 0.2) is 30.3 Å². The lowest BCUT2D eigenvalue weighted by Crippen LogP contribution is -2.40. The zero-order chi connectivity index (χ0) is 12.8. The number of para-hydroxylation sites is 1. The van der Waals surface area contributed by atoms with Crippen molar-refractivity contribution in [2.45, 2.75) is 19.4 Å².